The summed E-state index contributed by atoms with van der Waals surface area (Å²) in [5, 5.41) is 0. The molecule has 1 amide bonds. The number of nitrogens with zero attached hydrogens (tertiary/aromatic N) is 1. The van der Waals surface area contributed by atoms with Gasteiger partial charge in [-0.2, -0.15) is 0 Å². The van der Waals surface area contributed by atoms with Crippen molar-refractivity contribution >= 4 is 5.91 Å². The summed E-state index contributed by atoms with van der Waals surface area (Å²) >= 11 is 0. The van der Waals surface area contributed by atoms with E-state index in [1.54, 1.807) is 24.5 Å². The molecule has 0 radical (unpaired) electrons. The van der Waals surface area contributed by atoms with Crippen LogP contribution in [0.15, 0.2) is 36.3 Å². The average molecular weight is 301 g/mol. The molecule has 0 bridgehead atoms. The lowest BCUT2D eigenvalue weighted by atomic mass is 10.0. The molecule has 1 aliphatic carbocycles. The van der Waals surface area contributed by atoms with Gasteiger partial charge < -0.3 is 5.43 Å². The molecule has 0 aliphatic heterocycles. The van der Waals surface area contributed by atoms with Crippen LogP contribution >= 0.6 is 0 Å². The largest absolute Gasteiger partial charge is 0.303 e. The lowest BCUT2D eigenvalue weighted by molar-refractivity contribution is 0.0938. The molecule has 0 saturated heterocycles. The number of amides is 1. The molecular weight excluding hydrogens is 274 g/mol. The van der Waals surface area contributed by atoms with Gasteiger partial charge in [0.15, 0.2) is 0 Å². The first-order valence-corrected chi connectivity index (χ1v) is 8.52. The number of allylic oxidation sites excluding steroid dienone is 2. The summed E-state index contributed by atoms with van der Waals surface area (Å²) < 4.78 is 0. The quantitative estimate of drug-likeness (QED) is 0.826. The number of hydrogen-bond donors (Lipinski definition) is 2. The molecule has 22 heavy (non-hydrogen) atoms. The fraction of sp³-hybridized carbons (Fsp3) is 0.556. The third-order valence-electron chi connectivity index (χ3n) is 4.07. The Kier molecular flexibility index (Phi) is 7.50. The van der Waals surface area contributed by atoms with Gasteiger partial charge >= 0.3 is 0 Å². The maximum absolute atomic E-state index is 12.0. The monoisotopic (exact) mass is 301 g/mol. The van der Waals surface area contributed by atoms with E-state index < -0.39 is 0 Å². The number of aromatic nitrogens is 1. The van der Waals surface area contributed by atoms with E-state index in [0.29, 0.717) is 5.56 Å². The minimum Gasteiger partial charge on any atom is -0.303 e. The third-order valence-corrected chi connectivity index (χ3v) is 4.07. The molecule has 120 valence electrons. The van der Waals surface area contributed by atoms with Gasteiger partial charge in [0.1, 0.15) is 0 Å². The van der Waals surface area contributed by atoms with Crippen LogP contribution in [0, 0.1) is 0 Å². The first kappa shape index (κ1) is 16.5. The van der Waals surface area contributed by atoms with E-state index >= 15 is 0 Å². The van der Waals surface area contributed by atoms with E-state index in [1.807, 2.05) is 0 Å². The van der Waals surface area contributed by atoms with Crippen molar-refractivity contribution in [2.75, 3.05) is 0 Å². The zero-order valence-corrected chi connectivity index (χ0v) is 13.3. The normalized spacial score (nSPS) is 19.9. The van der Waals surface area contributed by atoms with Gasteiger partial charge in [0, 0.05) is 23.7 Å². The predicted octanol–water partition coefficient (Wildman–Crippen LogP) is 4.11. The van der Waals surface area contributed by atoms with Crippen LogP contribution in [0.2, 0.25) is 0 Å². The van der Waals surface area contributed by atoms with Gasteiger partial charge in [0.25, 0.3) is 5.91 Å². The first-order valence-electron chi connectivity index (χ1n) is 8.52. The standard InChI is InChI=1S/C18H27N3O/c22-18(16-12-14-19-15-13-16)21-20-17-10-8-6-4-2-1-3-5-7-9-11-17/h10,12-15,20H,1-9,11H2,(H,21,22)/b17-10-. The van der Waals surface area contributed by atoms with Gasteiger partial charge in [-0.3, -0.25) is 15.2 Å². The van der Waals surface area contributed by atoms with Crippen molar-refractivity contribution in [3.8, 4) is 0 Å². The first-order chi connectivity index (χ1) is 10.9. The Balaban J connectivity index is 1.83. The smallest absolute Gasteiger partial charge is 0.269 e. The summed E-state index contributed by atoms with van der Waals surface area (Å²) in [5.41, 5.74) is 7.67. The zero-order chi connectivity index (χ0) is 15.5. The predicted molar refractivity (Wildman–Crippen MR) is 89.1 cm³/mol. The lowest BCUT2D eigenvalue weighted by Crippen LogP contribution is -2.36. The van der Waals surface area contributed by atoms with Gasteiger partial charge in [0.2, 0.25) is 0 Å². The van der Waals surface area contributed by atoms with Gasteiger partial charge in [-0.1, -0.05) is 44.6 Å². The molecule has 0 unspecified atom stereocenters. The Bertz CT molecular complexity index is 470. The molecule has 1 heterocycles. The highest BCUT2D eigenvalue weighted by Crippen LogP contribution is 2.15. The fourth-order valence-electron chi connectivity index (χ4n) is 2.72. The fourth-order valence-corrected chi connectivity index (χ4v) is 2.72. The number of hydrogen-bond acceptors (Lipinski definition) is 3. The van der Waals surface area contributed by atoms with Crippen LogP contribution in [-0.4, -0.2) is 10.9 Å². The number of carbonyl (C=O) groups excluding carboxylic acids is 1. The Morgan fingerprint density at radius 1 is 0.909 bits per heavy atom. The van der Waals surface area contributed by atoms with Gasteiger partial charge in [-0.15, -0.1) is 0 Å². The van der Waals surface area contributed by atoms with Crippen molar-refractivity contribution in [3.63, 3.8) is 0 Å². The Morgan fingerprint density at radius 2 is 1.55 bits per heavy atom. The minimum atomic E-state index is -0.116. The highest BCUT2D eigenvalue weighted by molar-refractivity contribution is 5.93. The van der Waals surface area contributed by atoms with E-state index in [-0.39, 0.29) is 5.91 Å². The summed E-state index contributed by atoms with van der Waals surface area (Å²) in [4.78, 5) is 16.0. The summed E-state index contributed by atoms with van der Waals surface area (Å²) in [5.74, 6) is -0.116. The SMILES string of the molecule is O=C(NN/C1=C\CCCCCCCCCC1)c1ccncc1. The second-order valence-corrected chi connectivity index (χ2v) is 5.91. The summed E-state index contributed by atoms with van der Waals surface area (Å²) in [7, 11) is 0. The molecule has 0 saturated carbocycles. The van der Waals surface area contributed by atoms with Crippen LogP contribution in [0.4, 0.5) is 0 Å². The van der Waals surface area contributed by atoms with Crippen molar-refractivity contribution in [1.82, 2.24) is 15.8 Å². The van der Waals surface area contributed by atoms with Gasteiger partial charge in [-0.05, 0) is 37.8 Å². The van der Waals surface area contributed by atoms with Crippen LogP contribution in [0.3, 0.4) is 0 Å². The van der Waals surface area contributed by atoms with E-state index in [4.69, 9.17) is 0 Å². The maximum atomic E-state index is 12.0. The molecule has 0 aromatic carbocycles. The third kappa shape index (κ3) is 6.29. The molecule has 1 aromatic heterocycles. The molecule has 4 heteroatoms. The van der Waals surface area contributed by atoms with Crippen LogP contribution in [0.25, 0.3) is 0 Å². The molecule has 0 fully saturated rings. The van der Waals surface area contributed by atoms with Gasteiger partial charge in [0.05, 0.1) is 0 Å². The zero-order valence-electron chi connectivity index (χ0n) is 13.3. The van der Waals surface area contributed by atoms with Crippen LogP contribution < -0.4 is 10.9 Å². The number of hydrazine groups is 1. The average Bonchev–Trinajstić information content (AvgIpc) is 2.55. The van der Waals surface area contributed by atoms with Crippen molar-refractivity contribution in [2.45, 2.75) is 64.2 Å². The highest BCUT2D eigenvalue weighted by atomic mass is 16.2. The van der Waals surface area contributed by atoms with Gasteiger partial charge in [-0.25, -0.2) is 0 Å². The molecule has 2 N–H and O–H groups in total. The number of carbonyl (C=O) groups is 1. The van der Waals surface area contributed by atoms with E-state index in [0.717, 1.165) is 18.5 Å². The Labute approximate surface area is 133 Å². The summed E-state index contributed by atoms with van der Waals surface area (Å²) in [6, 6.07) is 3.43. The summed E-state index contributed by atoms with van der Waals surface area (Å²) in [6.07, 6.45) is 18.1. The number of pyridine rings is 1. The molecule has 1 aliphatic rings. The second-order valence-electron chi connectivity index (χ2n) is 5.91. The molecule has 0 spiro atoms. The summed E-state index contributed by atoms with van der Waals surface area (Å²) in [6.45, 7) is 0. The van der Waals surface area contributed by atoms with Crippen LogP contribution in [0.5, 0.6) is 0 Å². The molecular formula is C18H27N3O. The molecule has 2 rings (SSSR count). The van der Waals surface area contributed by atoms with Crippen molar-refractivity contribution in [1.29, 1.82) is 0 Å². The minimum absolute atomic E-state index is 0.116. The van der Waals surface area contributed by atoms with Crippen molar-refractivity contribution < 1.29 is 4.79 Å². The second kappa shape index (κ2) is 9.98. The van der Waals surface area contributed by atoms with Crippen molar-refractivity contribution in [3.05, 3.63) is 41.9 Å². The van der Waals surface area contributed by atoms with Crippen LogP contribution in [0.1, 0.15) is 74.6 Å². The maximum Gasteiger partial charge on any atom is 0.269 e. The lowest BCUT2D eigenvalue weighted by Gasteiger charge is -2.13. The Hall–Kier alpha value is -1.84. The molecule has 1 aromatic rings. The number of rotatable bonds is 3. The topological polar surface area (TPSA) is 54.0 Å². The van der Waals surface area contributed by atoms with Crippen molar-refractivity contribution in [2.24, 2.45) is 0 Å². The van der Waals surface area contributed by atoms with Crippen LogP contribution in [-0.2, 0) is 0 Å². The van der Waals surface area contributed by atoms with E-state index in [9.17, 15) is 4.79 Å². The molecule has 4 nitrogen and oxygen atoms in total. The van der Waals surface area contributed by atoms with E-state index in [1.165, 1.54) is 51.4 Å². The number of nitrogens with one attached hydrogen (secondary N) is 2. The molecule has 0 atom stereocenters. The Morgan fingerprint density at radius 3 is 2.27 bits per heavy atom. The highest BCUT2D eigenvalue weighted by Gasteiger charge is 2.05. The van der Waals surface area contributed by atoms with E-state index in [2.05, 4.69) is 21.9 Å².